The number of aryl methyl sites for hydroxylation is 2. The fraction of sp³-hybridized carbons (Fsp3) is 0.571. The normalized spacial score (nSPS) is 17.7. The van der Waals surface area contributed by atoms with Gasteiger partial charge in [-0.2, -0.15) is 0 Å². The first-order valence-corrected chi connectivity index (χ1v) is 7.21. The van der Waals surface area contributed by atoms with Crippen molar-refractivity contribution in [1.82, 2.24) is 19.8 Å². The molecule has 0 spiro atoms. The molecule has 1 fully saturated rings. The van der Waals surface area contributed by atoms with E-state index in [2.05, 4.69) is 55.4 Å². The fourth-order valence-electron chi connectivity index (χ4n) is 2.72. The molecule has 3 heterocycles. The summed E-state index contributed by atoms with van der Waals surface area (Å²) < 4.78 is 4.32. The van der Waals surface area contributed by atoms with Crippen molar-refractivity contribution >= 4 is 0 Å². The van der Waals surface area contributed by atoms with Gasteiger partial charge in [0.25, 0.3) is 11.6 Å². The van der Waals surface area contributed by atoms with Gasteiger partial charge in [-0.15, -0.1) is 0 Å². The Labute approximate surface area is 119 Å². The molecule has 2 N–H and O–H groups in total. The van der Waals surface area contributed by atoms with Gasteiger partial charge in [0, 0.05) is 26.2 Å². The molecule has 0 saturated carbocycles. The Morgan fingerprint density at radius 3 is 1.55 bits per heavy atom. The van der Waals surface area contributed by atoms with E-state index in [4.69, 9.17) is 0 Å². The van der Waals surface area contributed by atoms with Crippen LogP contribution in [0.5, 0.6) is 0 Å². The van der Waals surface area contributed by atoms with Crippen LogP contribution in [0.15, 0.2) is 24.8 Å². The Morgan fingerprint density at radius 1 is 0.850 bits per heavy atom. The van der Waals surface area contributed by atoms with Crippen LogP contribution in [0, 0.1) is 0 Å². The number of rotatable bonds is 4. The highest BCUT2D eigenvalue weighted by atomic mass is 15.3. The molecule has 0 aliphatic carbocycles. The smallest absolute Gasteiger partial charge is 0.268 e. The van der Waals surface area contributed by atoms with E-state index in [-0.39, 0.29) is 0 Å². The molecule has 2 aromatic rings. The van der Waals surface area contributed by atoms with Crippen LogP contribution >= 0.6 is 0 Å². The van der Waals surface area contributed by atoms with E-state index in [9.17, 15) is 0 Å². The van der Waals surface area contributed by atoms with Gasteiger partial charge in [0.1, 0.15) is 37.9 Å². The highest BCUT2D eigenvalue weighted by Gasteiger charge is 2.22. The van der Waals surface area contributed by atoms with Crippen molar-refractivity contribution in [2.24, 2.45) is 14.1 Å². The van der Waals surface area contributed by atoms with Crippen molar-refractivity contribution in [3.05, 3.63) is 36.4 Å². The van der Waals surface area contributed by atoms with Crippen LogP contribution in [0.25, 0.3) is 0 Å². The predicted octanol–water partition coefficient (Wildman–Crippen LogP) is -0.690. The maximum absolute atomic E-state index is 3.31. The molecule has 2 aromatic heterocycles. The van der Waals surface area contributed by atoms with Crippen molar-refractivity contribution < 1.29 is 9.13 Å². The quantitative estimate of drug-likeness (QED) is 0.726. The molecule has 20 heavy (non-hydrogen) atoms. The summed E-state index contributed by atoms with van der Waals surface area (Å²) in [5.41, 5.74) is 0. The van der Waals surface area contributed by atoms with Crippen LogP contribution in [0.3, 0.4) is 0 Å². The third kappa shape index (κ3) is 2.91. The van der Waals surface area contributed by atoms with E-state index < -0.39 is 0 Å². The third-order valence-electron chi connectivity index (χ3n) is 4.16. The zero-order chi connectivity index (χ0) is 13.9. The molecule has 0 unspecified atom stereocenters. The van der Waals surface area contributed by atoms with Crippen molar-refractivity contribution in [3.8, 4) is 0 Å². The standard InChI is InChI=1S/C14H22N6/c1-17-5-3-15-13(17)11-19-7-9-20(10-8-19)12-14-16-4-6-18(14)2/h3-6H,7-12H2,1-2H3/p+2. The SMILES string of the molecule is C[n+]1cc[nH]c1CN1CCN(Cc2[nH]cc[n+]2C)CC1. The molecule has 3 rings (SSSR count). The lowest BCUT2D eigenvalue weighted by Crippen LogP contribution is -2.48. The summed E-state index contributed by atoms with van der Waals surface area (Å²) in [5, 5.41) is 0. The highest BCUT2D eigenvalue weighted by Crippen LogP contribution is 2.06. The van der Waals surface area contributed by atoms with Gasteiger partial charge in [0.05, 0.1) is 14.1 Å². The second-order valence-corrected chi connectivity index (χ2v) is 5.59. The van der Waals surface area contributed by atoms with Gasteiger partial charge in [-0.05, 0) is 0 Å². The first kappa shape index (κ1) is 13.3. The van der Waals surface area contributed by atoms with E-state index in [0.717, 1.165) is 39.3 Å². The minimum atomic E-state index is 1.01. The minimum Gasteiger partial charge on any atom is -0.290 e. The second kappa shape index (κ2) is 5.76. The summed E-state index contributed by atoms with van der Waals surface area (Å²) in [5.74, 6) is 2.54. The van der Waals surface area contributed by atoms with Crippen LogP contribution in [0.4, 0.5) is 0 Å². The van der Waals surface area contributed by atoms with E-state index >= 15 is 0 Å². The summed E-state index contributed by atoms with van der Waals surface area (Å²) >= 11 is 0. The summed E-state index contributed by atoms with van der Waals surface area (Å²) in [4.78, 5) is 11.6. The monoisotopic (exact) mass is 276 g/mol. The molecule has 1 aliphatic rings. The first-order valence-electron chi connectivity index (χ1n) is 7.21. The van der Waals surface area contributed by atoms with Gasteiger partial charge < -0.3 is 0 Å². The summed E-state index contributed by atoms with van der Waals surface area (Å²) in [6.07, 6.45) is 8.13. The van der Waals surface area contributed by atoms with Gasteiger partial charge in [0.2, 0.25) is 0 Å². The van der Waals surface area contributed by atoms with E-state index in [1.54, 1.807) is 0 Å². The second-order valence-electron chi connectivity index (χ2n) is 5.59. The molecule has 0 bridgehead atoms. The Balaban J connectivity index is 1.50. The average Bonchev–Trinajstić information content (AvgIpc) is 3.02. The van der Waals surface area contributed by atoms with Crippen LogP contribution < -0.4 is 9.13 Å². The van der Waals surface area contributed by atoms with E-state index in [1.165, 1.54) is 11.6 Å². The molecular formula is C14H24N6+2. The number of hydrogen-bond acceptors (Lipinski definition) is 2. The largest absolute Gasteiger partial charge is 0.290 e. The number of hydrogen-bond donors (Lipinski definition) is 2. The van der Waals surface area contributed by atoms with Gasteiger partial charge in [0.15, 0.2) is 0 Å². The number of aromatic nitrogens is 4. The molecule has 108 valence electrons. The third-order valence-corrected chi connectivity index (χ3v) is 4.16. The van der Waals surface area contributed by atoms with Crippen LogP contribution in [-0.4, -0.2) is 45.9 Å². The number of aromatic amines is 2. The minimum absolute atomic E-state index is 1.01. The zero-order valence-electron chi connectivity index (χ0n) is 12.3. The molecule has 6 nitrogen and oxygen atoms in total. The molecule has 0 atom stereocenters. The lowest BCUT2D eigenvalue weighted by atomic mass is 10.3. The molecule has 0 radical (unpaired) electrons. The topological polar surface area (TPSA) is 45.8 Å². The lowest BCUT2D eigenvalue weighted by Gasteiger charge is -2.32. The summed E-state index contributed by atoms with van der Waals surface area (Å²) in [6, 6.07) is 0. The van der Waals surface area contributed by atoms with E-state index in [1.807, 2.05) is 12.4 Å². The molecule has 0 aromatic carbocycles. The zero-order valence-corrected chi connectivity index (χ0v) is 12.3. The number of imidazole rings is 2. The molecule has 1 saturated heterocycles. The Morgan fingerprint density at radius 2 is 1.25 bits per heavy atom. The Hall–Kier alpha value is -1.66. The first-order chi connectivity index (χ1) is 9.72. The van der Waals surface area contributed by atoms with Gasteiger partial charge >= 0.3 is 0 Å². The highest BCUT2D eigenvalue weighted by molar-refractivity contribution is 4.83. The predicted molar refractivity (Wildman–Crippen MR) is 74.5 cm³/mol. The number of piperazine rings is 1. The van der Waals surface area contributed by atoms with Crippen molar-refractivity contribution in [2.45, 2.75) is 13.1 Å². The molecule has 0 amide bonds. The molecule has 6 heteroatoms. The average molecular weight is 276 g/mol. The maximum Gasteiger partial charge on any atom is 0.268 e. The number of H-pyrrole nitrogens is 2. The van der Waals surface area contributed by atoms with Crippen LogP contribution in [-0.2, 0) is 27.2 Å². The molecular weight excluding hydrogens is 252 g/mol. The van der Waals surface area contributed by atoms with Crippen LogP contribution in [0.2, 0.25) is 0 Å². The van der Waals surface area contributed by atoms with Crippen molar-refractivity contribution in [3.63, 3.8) is 0 Å². The van der Waals surface area contributed by atoms with Crippen molar-refractivity contribution in [2.75, 3.05) is 26.2 Å². The van der Waals surface area contributed by atoms with Crippen molar-refractivity contribution in [1.29, 1.82) is 0 Å². The molecule has 1 aliphatic heterocycles. The number of nitrogens with one attached hydrogen (secondary N) is 2. The summed E-state index contributed by atoms with van der Waals surface area (Å²) in [7, 11) is 4.18. The fourth-order valence-corrected chi connectivity index (χ4v) is 2.72. The van der Waals surface area contributed by atoms with E-state index in [0.29, 0.717) is 0 Å². The van der Waals surface area contributed by atoms with Gasteiger partial charge in [-0.25, -0.2) is 19.1 Å². The van der Waals surface area contributed by atoms with Gasteiger partial charge in [-0.3, -0.25) is 9.80 Å². The van der Waals surface area contributed by atoms with Crippen LogP contribution in [0.1, 0.15) is 11.6 Å². The Bertz CT molecular complexity index is 499. The summed E-state index contributed by atoms with van der Waals surface area (Å²) in [6.45, 7) is 6.53. The lowest BCUT2D eigenvalue weighted by molar-refractivity contribution is -0.679. The Kier molecular flexibility index (Phi) is 3.84. The maximum atomic E-state index is 3.31. The van der Waals surface area contributed by atoms with Gasteiger partial charge in [-0.1, -0.05) is 0 Å². The number of nitrogens with zero attached hydrogens (tertiary/aromatic N) is 4.